The van der Waals surface area contributed by atoms with E-state index in [0.29, 0.717) is 5.92 Å². The van der Waals surface area contributed by atoms with Crippen LogP contribution in [0.25, 0.3) is 10.8 Å². The van der Waals surface area contributed by atoms with Gasteiger partial charge in [-0.05, 0) is 41.2 Å². The Labute approximate surface area is 148 Å². The smallest absolute Gasteiger partial charge is 0.252 e. The van der Waals surface area contributed by atoms with E-state index in [1.165, 1.54) is 31.2 Å². The number of rotatable bonds is 4. The van der Waals surface area contributed by atoms with Crippen molar-refractivity contribution >= 4 is 16.7 Å². The highest BCUT2D eigenvalue weighted by atomic mass is 16.1. The van der Waals surface area contributed by atoms with Gasteiger partial charge in [-0.3, -0.25) is 4.79 Å². The summed E-state index contributed by atoms with van der Waals surface area (Å²) < 4.78 is 0. The highest BCUT2D eigenvalue weighted by molar-refractivity contribution is 6.07. The first-order valence-electron chi connectivity index (χ1n) is 9.16. The van der Waals surface area contributed by atoms with Crippen LogP contribution in [-0.2, 0) is 0 Å². The second-order valence-electron chi connectivity index (χ2n) is 6.93. The summed E-state index contributed by atoms with van der Waals surface area (Å²) in [6, 6.07) is 24.5. The second kappa shape index (κ2) is 7.10. The highest BCUT2D eigenvalue weighted by Gasteiger charge is 2.28. The third-order valence-electron chi connectivity index (χ3n) is 5.35. The van der Waals surface area contributed by atoms with E-state index in [9.17, 15) is 4.79 Å². The molecular formula is C23H23NO. The number of carbonyl (C=O) groups is 1. The number of amides is 1. The molecule has 0 saturated heterocycles. The number of fused-ring (bicyclic) bond motifs is 1. The molecule has 0 heterocycles. The fraction of sp³-hybridized carbons (Fsp3) is 0.261. The summed E-state index contributed by atoms with van der Waals surface area (Å²) in [7, 11) is 0. The van der Waals surface area contributed by atoms with Crippen molar-refractivity contribution in [2.24, 2.45) is 5.92 Å². The predicted molar refractivity (Wildman–Crippen MR) is 103 cm³/mol. The molecule has 1 aliphatic carbocycles. The van der Waals surface area contributed by atoms with Crippen molar-refractivity contribution in [2.45, 2.75) is 31.7 Å². The molecule has 3 aromatic rings. The Balaban J connectivity index is 1.66. The molecule has 0 spiro atoms. The molecule has 1 N–H and O–H groups in total. The minimum Gasteiger partial charge on any atom is -0.345 e. The molecule has 0 unspecified atom stereocenters. The van der Waals surface area contributed by atoms with Gasteiger partial charge in [-0.25, -0.2) is 0 Å². The van der Waals surface area contributed by atoms with Gasteiger partial charge in [-0.2, -0.15) is 0 Å². The van der Waals surface area contributed by atoms with E-state index >= 15 is 0 Å². The quantitative estimate of drug-likeness (QED) is 0.672. The van der Waals surface area contributed by atoms with E-state index in [2.05, 4.69) is 41.7 Å². The van der Waals surface area contributed by atoms with E-state index in [1.54, 1.807) is 0 Å². The molecule has 0 aromatic heterocycles. The molecule has 3 aromatic carbocycles. The van der Waals surface area contributed by atoms with E-state index in [0.717, 1.165) is 16.3 Å². The van der Waals surface area contributed by atoms with E-state index in [4.69, 9.17) is 0 Å². The topological polar surface area (TPSA) is 29.1 Å². The van der Waals surface area contributed by atoms with Crippen LogP contribution in [0.4, 0.5) is 0 Å². The van der Waals surface area contributed by atoms with Crippen LogP contribution < -0.4 is 5.32 Å². The van der Waals surface area contributed by atoms with Gasteiger partial charge in [0.1, 0.15) is 0 Å². The first kappa shape index (κ1) is 15.9. The van der Waals surface area contributed by atoms with Crippen molar-refractivity contribution < 1.29 is 4.79 Å². The van der Waals surface area contributed by atoms with Gasteiger partial charge in [0.15, 0.2) is 0 Å². The molecular weight excluding hydrogens is 306 g/mol. The number of nitrogens with one attached hydrogen (secondary N) is 1. The summed E-state index contributed by atoms with van der Waals surface area (Å²) in [4.78, 5) is 13.1. The van der Waals surface area contributed by atoms with Gasteiger partial charge in [0.2, 0.25) is 0 Å². The van der Waals surface area contributed by atoms with Crippen molar-refractivity contribution in [2.75, 3.05) is 0 Å². The SMILES string of the molecule is O=C(N[C@@H](c1ccccc1)C1CCCC1)c1cccc2ccccc12. The van der Waals surface area contributed by atoms with Gasteiger partial charge >= 0.3 is 0 Å². The van der Waals surface area contributed by atoms with Crippen molar-refractivity contribution in [3.05, 3.63) is 83.9 Å². The third kappa shape index (κ3) is 3.30. The first-order chi connectivity index (χ1) is 12.3. The van der Waals surface area contributed by atoms with Crippen molar-refractivity contribution in [3.8, 4) is 0 Å². The van der Waals surface area contributed by atoms with Crippen LogP contribution in [0.1, 0.15) is 47.6 Å². The lowest BCUT2D eigenvalue weighted by Gasteiger charge is -2.25. The summed E-state index contributed by atoms with van der Waals surface area (Å²) in [6.45, 7) is 0. The molecule has 2 heteroatoms. The van der Waals surface area contributed by atoms with Gasteiger partial charge in [-0.1, -0.05) is 79.6 Å². The molecule has 1 fully saturated rings. The van der Waals surface area contributed by atoms with Gasteiger partial charge in [0, 0.05) is 5.56 Å². The van der Waals surface area contributed by atoms with Crippen LogP contribution in [0.3, 0.4) is 0 Å². The molecule has 126 valence electrons. The maximum atomic E-state index is 13.1. The summed E-state index contributed by atoms with van der Waals surface area (Å²) in [5, 5.41) is 5.46. The molecule has 4 rings (SSSR count). The largest absolute Gasteiger partial charge is 0.345 e. The van der Waals surface area contributed by atoms with E-state index < -0.39 is 0 Å². The van der Waals surface area contributed by atoms with Crippen molar-refractivity contribution in [3.63, 3.8) is 0 Å². The number of benzene rings is 3. The summed E-state index contributed by atoms with van der Waals surface area (Å²) in [6.07, 6.45) is 4.90. The monoisotopic (exact) mass is 329 g/mol. The van der Waals surface area contributed by atoms with E-state index in [-0.39, 0.29) is 11.9 Å². The zero-order valence-electron chi connectivity index (χ0n) is 14.3. The molecule has 1 saturated carbocycles. The Kier molecular flexibility index (Phi) is 4.51. The standard InChI is InChI=1S/C23H23NO/c25-23(21-16-8-14-17-9-6-7-15-20(17)21)24-22(19-12-4-5-13-19)18-10-2-1-3-11-18/h1-3,6-11,14-16,19,22H,4-5,12-13H2,(H,24,25)/t22-/m0/s1. The molecule has 1 amide bonds. The Bertz CT molecular complexity index is 860. The summed E-state index contributed by atoms with van der Waals surface area (Å²) in [5.74, 6) is 0.555. The van der Waals surface area contributed by atoms with Gasteiger partial charge < -0.3 is 5.32 Å². The second-order valence-corrected chi connectivity index (χ2v) is 6.93. The third-order valence-corrected chi connectivity index (χ3v) is 5.35. The van der Waals surface area contributed by atoms with Gasteiger partial charge in [0.25, 0.3) is 5.91 Å². The normalized spacial score (nSPS) is 16.0. The molecule has 0 bridgehead atoms. The molecule has 0 aliphatic heterocycles. The van der Waals surface area contributed by atoms with Gasteiger partial charge in [0.05, 0.1) is 6.04 Å². The lowest BCUT2D eigenvalue weighted by atomic mass is 9.91. The van der Waals surface area contributed by atoms with Crippen LogP contribution in [0, 0.1) is 5.92 Å². The average molecular weight is 329 g/mol. The zero-order chi connectivity index (χ0) is 17.1. The minimum atomic E-state index is 0.0255. The number of hydrogen-bond acceptors (Lipinski definition) is 1. The fourth-order valence-corrected chi connectivity index (χ4v) is 4.07. The highest BCUT2D eigenvalue weighted by Crippen LogP contribution is 2.36. The number of carbonyl (C=O) groups excluding carboxylic acids is 1. The van der Waals surface area contributed by atoms with Crippen molar-refractivity contribution in [1.29, 1.82) is 0 Å². The number of hydrogen-bond donors (Lipinski definition) is 1. The zero-order valence-corrected chi connectivity index (χ0v) is 14.3. The molecule has 1 atom stereocenters. The van der Waals surface area contributed by atoms with Crippen LogP contribution in [0.15, 0.2) is 72.8 Å². The average Bonchev–Trinajstić information content (AvgIpc) is 3.20. The minimum absolute atomic E-state index is 0.0255. The van der Waals surface area contributed by atoms with Crippen LogP contribution in [-0.4, -0.2) is 5.91 Å². The summed E-state index contributed by atoms with van der Waals surface area (Å²) in [5.41, 5.74) is 1.97. The first-order valence-corrected chi connectivity index (χ1v) is 9.16. The Morgan fingerprint density at radius 1 is 0.840 bits per heavy atom. The molecule has 0 radical (unpaired) electrons. The molecule has 2 nitrogen and oxygen atoms in total. The van der Waals surface area contributed by atoms with E-state index in [1.807, 2.05) is 36.4 Å². The van der Waals surface area contributed by atoms with Gasteiger partial charge in [-0.15, -0.1) is 0 Å². The Hall–Kier alpha value is -2.61. The maximum Gasteiger partial charge on any atom is 0.252 e. The maximum absolute atomic E-state index is 13.1. The van der Waals surface area contributed by atoms with Crippen LogP contribution in [0.2, 0.25) is 0 Å². The lowest BCUT2D eigenvalue weighted by molar-refractivity contribution is 0.0923. The van der Waals surface area contributed by atoms with Crippen molar-refractivity contribution in [1.82, 2.24) is 5.32 Å². The molecule has 25 heavy (non-hydrogen) atoms. The molecule has 1 aliphatic rings. The summed E-state index contributed by atoms with van der Waals surface area (Å²) >= 11 is 0. The van der Waals surface area contributed by atoms with Crippen LogP contribution >= 0.6 is 0 Å². The Morgan fingerprint density at radius 2 is 1.52 bits per heavy atom. The fourth-order valence-electron chi connectivity index (χ4n) is 4.07. The Morgan fingerprint density at radius 3 is 2.32 bits per heavy atom. The van der Waals surface area contributed by atoms with Crippen LogP contribution in [0.5, 0.6) is 0 Å². The lowest BCUT2D eigenvalue weighted by Crippen LogP contribution is -2.32. The predicted octanol–water partition coefficient (Wildman–Crippen LogP) is 5.50.